The van der Waals surface area contributed by atoms with Gasteiger partial charge in [-0.15, -0.1) is 11.3 Å². The molecule has 0 amide bonds. The molecular weight excluding hydrogens is 202 g/mol. The number of thiophene rings is 1. The van der Waals surface area contributed by atoms with Gasteiger partial charge in [0.1, 0.15) is 0 Å². The van der Waals surface area contributed by atoms with E-state index in [1.54, 1.807) is 0 Å². The van der Waals surface area contributed by atoms with E-state index in [2.05, 4.69) is 17.5 Å². The van der Waals surface area contributed by atoms with Crippen LogP contribution in [0.1, 0.15) is 43.4 Å². The van der Waals surface area contributed by atoms with Crippen LogP contribution in [-0.2, 0) is 5.41 Å². The Bertz CT molecular complexity index is 327. The standard InChI is InChI=1S/C13H19NS/c14-10-13(11-4-3-7-15-11)8-12(9-13)5-1-2-6-12/h3-4,7H,1-2,5-6,8-10,14H2. The number of rotatable bonds is 2. The molecule has 2 N–H and O–H groups in total. The molecule has 0 aromatic carbocycles. The number of nitrogens with two attached hydrogens (primary N) is 1. The van der Waals surface area contributed by atoms with Crippen molar-refractivity contribution in [3.05, 3.63) is 22.4 Å². The Morgan fingerprint density at radius 1 is 1.27 bits per heavy atom. The summed E-state index contributed by atoms with van der Waals surface area (Å²) in [5.74, 6) is 0. The summed E-state index contributed by atoms with van der Waals surface area (Å²) in [6, 6.07) is 4.44. The third-order valence-electron chi connectivity index (χ3n) is 4.53. The van der Waals surface area contributed by atoms with Crippen LogP contribution in [0.25, 0.3) is 0 Å². The first-order chi connectivity index (χ1) is 7.29. The first kappa shape index (κ1) is 9.86. The zero-order chi connectivity index (χ0) is 10.4. The number of hydrogen-bond acceptors (Lipinski definition) is 2. The van der Waals surface area contributed by atoms with Gasteiger partial charge >= 0.3 is 0 Å². The molecule has 1 heterocycles. The minimum Gasteiger partial charge on any atom is -0.330 e. The van der Waals surface area contributed by atoms with E-state index in [9.17, 15) is 0 Å². The highest BCUT2D eigenvalue weighted by Gasteiger charge is 2.55. The van der Waals surface area contributed by atoms with Gasteiger partial charge in [-0.2, -0.15) is 0 Å². The third-order valence-corrected chi connectivity index (χ3v) is 5.64. The Balaban J connectivity index is 1.81. The van der Waals surface area contributed by atoms with Gasteiger partial charge in [0.2, 0.25) is 0 Å². The van der Waals surface area contributed by atoms with Crippen molar-refractivity contribution < 1.29 is 0 Å². The lowest BCUT2D eigenvalue weighted by Gasteiger charge is -2.54. The maximum Gasteiger partial charge on any atom is 0.0180 e. The largest absolute Gasteiger partial charge is 0.330 e. The van der Waals surface area contributed by atoms with E-state index < -0.39 is 0 Å². The summed E-state index contributed by atoms with van der Waals surface area (Å²) in [4.78, 5) is 1.53. The van der Waals surface area contributed by atoms with Crippen molar-refractivity contribution in [2.45, 2.75) is 43.9 Å². The molecule has 2 aliphatic carbocycles. The van der Waals surface area contributed by atoms with Crippen LogP contribution in [0, 0.1) is 5.41 Å². The minimum absolute atomic E-state index is 0.360. The van der Waals surface area contributed by atoms with Gasteiger partial charge in [-0.1, -0.05) is 18.9 Å². The summed E-state index contributed by atoms with van der Waals surface area (Å²) in [5.41, 5.74) is 7.08. The summed E-state index contributed by atoms with van der Waals surface area (Å²) >= 11 is 1.89. The average Bonchev–Trinajstić information content (AvgIpc) is 2.85. The Labute approximate surface area is 95.7 Å². The second kappa shape index (κ2) is 3.33. The molecule has 2 aliphatic rings. The SMILES string of the molecule is NCC1(c2cccs2)CC2(CCCC2)C1. The van der Waals surface area contributed by atoms with Gasteiger partial charge in [0.15, 0.2) is 0 Å². The van der Waals surface area contributed by atoms with Crippen molar-refractivity contribution in [3.8, 4) is 0 Å². The second-order valence-corrected chi connectivity index (χ2v) is 6.47. The van der Waals surface area contributed by atoms with Gasteiger partial charge in [-0.25, -0.2) is 0 Å². The molecule has 0 saturated heterocycles. The molecule has 1 aromatic rings. The topological polar surface area (TPSA) is 26.0 Å². The smallest absolute Gasteiger partial charge is 0.0180 e. The zero-order valence-corrected chi connectivity index (χ0v) is 9.98. The van der Waals surface area contributed by atoms with Crippen LogP contribution in [-0.4, -0.2) is 6.54 Å². The Morgan fingerprint density at radius 3 is 2.53 bits per heavy atom. The molecule has 0 atom stereocenters. The quantitative estimate of drug-likeness (QED) is 0.814. The van der Waals surface area contributed by atoms with E-state index in [1.807, 2.05) is 11.3 Å². The molecule has 15 heavy (non-hydrogen) atoms. The van der Waals surface area contributed by atoms with Crippen LogP contribution in [0.3, 0.4) is 0 Å². The van der Waals surface area contributed by atoms with Crippen LogP contribution in [0.2, 0.25) is 0 Å². The molecule has 3 rings (SSSR count). The molecule has 2 fully saturated rings. The molecule has 0 radical (unpaired) electrons. The molecule has 2 saturated carbocycles. The monoisotopic (exact) mass is 221 g/mol. The predicted octanol–water partition coefficient (Wildman–Crippen LogP) is 3.30. The molecule has 1 spiro atoms. The van der Waals surface area contributed by atoms with Gasteiger partial charge in [0.25, 0.3) is 0 Å². The maximum atomic E-state index is 6.02. The normalized spacial score (nSPS) is 26.7. The predicted molar refractivity (Wildman–Crippen MR) is 65.2 cm³/mol. The lowest BCUT2D eigenvalue weighted by atomic mass is 9.51. The first-order valence-electron chi connectivity index (χ1n) is 6.03. The first-order valence-corrected chi connectivity index (χ1v) is 6.91. The second-order valence-electron chi connectivity index (χ2n) is 5.52. The zero-order valence-electron chi connectivity index (χ0n) is 9.17. The van der Waals surface area contributed by atoms with Gasteiger partial charge < -0.3 is 5.73 Å². The maximum absolute atomic E-state index is 6.02. The van der Waals surface area contributed by atoms with Crippen molar-refractivity contribution in [1.29, 1.82) is 0 Å². The van der Waals surface area contributed by atoms with Crippen LogP contribution >= 0.6 is 11.3 Å². The van der Waals surface area contributed by atoms with Crippen LogP contribution in [0.4, 0.5) is 0 Å². The van der Waals surface area contributed by atoms with Crippen molar-refractivity contribution >= 4 is 11.3 Å². The highest BCUT2D eigenvalue weighted by molar-refractivity contribution is 7.10. The van der Waals surface area contributed by atoms with Crippen molar-refractivity contribution in [2.24, 2.45) is 11.1 Å². The minimum atomic E-state index is 0.360. The van der Waals surface area contributed by atoms with E-state index in [0.29, 0.717) is 10.8 Å². The molecule has 82 valence electrons. The van der Waals surface area contributed by atoms with Crippen molar-refractivity contribution in [2.75, 3.05) is 6.54 Å². The fourth-order valence-electron chi connectivity index (χ4n) is 3.86. The highest BCUT2D eigenvalue weighted by Crippen LogP contribution is 2.63. The summed E-state index contributed by atoms with van der Waals surface area (Å²) in [7, 11) is 0. The van der Waals surface area contributed by atoms with Gasteiger partial charge in [0, 0.05) is 16.8 Å². The van der Waals surface area contributed by atoms with Gasteiger partial charge in [0.05, 0.1) is 0 Å². The molecule has 1 aromatic heterocycles. The lowest BCUT2D eigenvalue weighted by molar-refractivity contribution is 0.0353. The molecule has 0 bridgehead atoms. The lowest BCUT2D eigenvalue weighted by Crippen LogP contribution is -2.52. The van der Waals surface area contributed by atoms with Crippen molar-refractivity contribution in [3.63, 3.8) is 0 Å². The highest BCUT2D eigenvalue weighted by atomic mass is 32.1. The Kier molecular flexibility index (Phi) is 2.18. The van der Waals surface area contributed by atoms with Crippen molar-refractivity contribution in [1.82, 2.24) is 0 Å². The Hall–Kier alpha value is -0.340. The Morgan fingerprint density at radius 2 is 2.00 bits per heavy atom. The molecule has 1 nitrogen and oxygen atoms in total. The summed E-state index contributed by atoms with van der Waals surface area (Å²) in [6.07, 6.45) is 8.53. The van der Waals surface area contributed by atoms with Gasteiger partial charge in [-0.05, 0) is 42.5 Å². The summed E-state index contributed by atoms with van der Waals surface area (Å²) in [5, 5.41) is 2.19. The van der Waals surface area contributed by atoms with Crippen LogP contribution in [0.15, 0.2) is 17.5 Å². The van der Waals surface area contributed by atoms with E-state index in [4.69, 9.17) is 5.73 Å². The molecule has 0 unspecified atom stereocenters. The fourth-order valence-corrected chi connectivity index (χ4v) is 4.80. The summed E-state index contributed by atoms with van der Waals surface area (Å²) in [6.45, 7) is 0.843. The van der Waals surface area contributed by atoms with Crippen LogP contribution in [0.5, 0.6) is 0 Å². The van der Waals surface area contributed by atoms with E-state index in [1.165, 1.54) is 43.4 Å². The fraction of sp³-hybridized carbons (Fsp3) is 0.692. The summed E-state index contributed by atoms with van der Waals surface area (Å²) < 4.78 is 0. The van der Waals surface area contributed by atoms with E-state index in [-0.39, 0.29) is 0 Å². The molecular formula is C13H19NS. The van der Waals surface area contributed by atoms with E-state index in [0.717, 1.165) is 6.54 Å². The van der Waals surface area contributed by atoms with Gasteiger partial charge in [-0.3, -0.25) is 0 Å². The molecule has 0 aliphatic heterocycles. The van der Waals surface area contributed by atoms with E-state index >= 15 is 0 Å². The third kappa shape index (κ3) is 1.38. The number of hydrogen-bond donors (Lipinski definition) is 1. The molecule has 2 heteroatoms. The average molecular weight is 221 g/mol. The van der Waals surface area contributed by atoms with Crippen LogP contribution < -0.4 is 5.73 Å².